The summed E-state index contributed by atoms with van der Waals surface area (Å²) < 4.78 is 0. The van der Waals surface area contributed by atoms with E-state index in [4.69, 9.17) is 12.8 Å². The first-order chi connectivity index (χ1) is 22.6. The highest BCUT2D eigenvalue weighted by Crippen LogP contribution is 2.30. The van der Waals surface area contributed by atoms with Crippen LogP contribution in [0.5, 0.6) is 0 Å². The van der Waals surface area contributed by atoms with Crippen molar-refractivity contribution >= 4 is 16.1 Å². The molecule has 244 valence electrons. The number of aliphatic hydroxyl groups excluding tert-OH is 2. The smallest absolute Gasteiger partial charge is 0.129 e. The first-order valence-corrected chi connectivity index (χ1v) is 23.4. The second-order valence-electron chi connectivity index (χ2n) is 14.2. The topological polar surface area (TPSA) is 40.5 Å². The summed E-state index contributed by atoms with van der Waals surface area (Å²) >= 11 is 0. The summed E-state index contributed by atoms with van der Waals surface area (Å²) in [4.78, 5) is 0. The summed E-state index contributed by atoms with van der Waals surface area (Å²) in [6.45, 7) is 17.1. The first-order valence-electron chi connectivity index (χ1n) is 16.4. The van der Waals surface area contributed by atoms with Crippen molar-refractivity contribution < 1.29 is 10.2 Å². The second kappa shape index (κ2) is 17.0. The third-order valence-corrected chi connectivity index (χ3v) is 9.29. The zero-order valence-corrected chi connectivity index (χ0v) is 31.6. The molecule has 0 aliphatic carbocycles. The monoisotopic (exact) mass is 664 g/mol. The van der Waals surface area contributed by atoms with Crippen LogP contribution in [0.2, 0.25) is 39.3 Å². The quantitative estimate of drug-likeness (QED) is 0.160. The average Bonchev–Trinajstić information content (AvgIpc) is 3.04. The number of benzene rings is 4. The summed E-state index contributed by atoms with van der Waals surface area (Å²) in [5.41, 5.74) is 14.8. The van der Waals surface area contributed by atoms with Gasteiger partial charge in [-0.15, -0.1) is 23.9 Å². The molecule has 2 N–H and O–H groups in total. The molecule has 4 aromatic carbocycles. The Morgan fingerprint density at radius 2 is 0.667 bits per heavy atom. The van der Waals surface area contributed by atoms with E-state index in [-0.39, 0.29) is 11.8 Å². The van der Waals surface area contributed by atoms with Crippen LogP contribution >= 0.6 is 0 Å². The van der Waals surface area contributed by atoms with Gasteiger partial charge in [-0.3, -0.25) is 0 Å². The largest absolute Gasteiger partial charge is 0.392 e. The van der Waals surface area contributed by atoms with E-state index in [0.717, 1.165) is 44.5 Å². The Morgan fingerprint density at radius 1 is 0.438 bits per heavy atom. The van der Waals surface area contributed by atoms with Crippen LogP contribution in [0.3, 0.4) is 0 Å². The molecule has 4 aromatic rings. The summed E-state index contributed by atoms with van der Waals surface area (Å²) in [5.74, 6) is 11.6. The van der Waals surface area contributed by atoms with E-state index in [9.17, 15) is 10.2 Å². The molecule has 0 saturated carbocycles. The van der Waals surface area contributed by atoms with Crippen molar-refractivity contribution in [3.63, 3.8) is 0 Å². The molecule has 4 heteroatoms. The third kappa shape index (κ3) is 11.9. The number of aliphatic hydroxyl groups is 2. The Kier molecular flexibility index (Phi) is 13.5. The van der Waals surface area contributed by atoms with E-state index >= 15 is 0 Å². The van der Waals surface area contributed by atoms with Crippen LogP contribution in [0.15, 0.2) is 97.1 Å². The van der Waals surface area contributed by atoms with Gasteiger partial charge in [-0.1, -0.05) is 111 Å². The Balaban J connectivity index is 0.000000275. The predicted octanol–water partition coefficient (Wildman–Crippen LogP) is 8.82. The SMILES string of the molecule is C#Cc1ccc(C(c2ccc(C#C)cc2)[C@H](C)O)cc1.C[C@H](O)C(c1ccc(C#C[Si](C)(C)C)cc1)c1ccc(C#C[Si](C)(C)C)cc1. The van der Waals surface area contributed by atoms with Crippen LogP contribution < -0.4 is 0 Å². The van der Waals surface area contributed by atoms with E-state index in [1.54, 1.807) is 6.92 Å². The minimum atomic E-state index is -1.38. The fourth-order valence-corrected chi connectivity index (χ4v) is 6.18. The molecule has 48 heavy (non-hydrogen) atoms. The first kappa shape index (κ1) is 37.9. The Bertz CT molecular complexity index is 1700. The maximum atomic E-state index is 10.4. The molecule has 0 spiro atoms. The molecule has 0 saturated heterocycles. The number of terminal acetylenes is 2. The molecular weight excluding hydrogens is 617 g/mol. The fourth-order valence-electron chi connectivity index (χ4n) is 5.14. The van der Waals surface area contributed by atoms with Gasteiger partial charge in [0.15, 0.2) is 0 Å². The molecule has 0 fully saturated rings. The van der Waals surface area contributed by atoms with Gasteiger partial charge in [0.25, 0.3) is 0 Å². The van der Waals surface area contributed by atoms with Crippen LogP contribution in [0, 0.1) is 47.6 Å². The van der Waals surface area contributed by atoms with Gasteiger partial charge in [0.05, 0.1) is 12.2 Å². The Hall–Kier alpha value is -4.53. The van der Waals surface area contributed by atoms with Crippen LogP contribution in [0.25, 0.3) is 0 Å². The molecule has 0 aromatic heterocycles. The summed E-state index contributed by atoms with van der Waals surface area (Å²) in [6, 6.07) is 32.0. The van der Waals surface area contributed by atoms with Crippen LogP contribution in [0.1, 0.15) is 70.2 Å². The van der Waals surface area contributed by atoms with E-state index in [2.05, 4.69) is 123 Å². The van der Waals surface area contributed by atoms with Gasteiger partial charge in [-0.25, -0.2) is 0 Å². The van der Waals surface area contributed by atoms with Gasteiger partial charge in [-0.2, -0.15) is 0 Å². The van der Waals surface area contributed by atoms with Crippen molar-refractivity contribution in [2.75, 3.05) is 0 Å². The lowest BCUT2D eigenvalue weighted by Gasteiger charge is -2.21. The molecular formula is C44H48O2Si2. The maximum absolute atomic E-state index is 10.4. The lowest BCUT2D eigenvalue weighted by atomic mass is 9.86. The van der Waals surface area contributed by atoms with E-state index < -0.39 is 28.4 Å². The standard InChI is InChI=1S/C25H32OSi2.C19H16O/c1-20(26)25(23-12-8-21(9-13-23)16-18-27(2,3)4)24-14-10-22(11-15-24)17-19-28(5,6)7;1-4-15-6-10-17(11-7-15)19(14(3)20)18-12-8-16(5-2)9-13-18/h8-15,20,25-26H,1-7H3;1-2,6-14,19-20H,3H3/t20-;14-/m00/s1. The van der Waals surface area contributed by atoms with Gasteiger partial charge in [0.2, 0.25) is 0 Å². The van der Waals surface area contributed by atoms with Crippen molar-refractivity contribution in [1.82, 2.24) is 0 Å². The molecule has 0 aliphatic rings. The number of rotatable bonds is 6. The highest BCUT2D eigenvalue weighted by molar-refractivity contribution is 6.84. The highest BCUT2D eigenvalue weighted by Gasteiger charge is 2.21. The average molecular weight is 665 g/mol. The lowest BCUT2D eigenvalue weighted by molar-refractivity contribution is 0.176. The maximum Gasteiger partial charge on any atom is 0.129 e. The Morgan fingerprint density at radius 3 is 0.854 bits per heavy atom. The van der Waals surface area contributed by atoms with Crippen molar-refractivity contribution in [2.45, 2.75) is 77.2 Å². The van der Waals surface area contributed by atoms with Gasteiger partial charge >= 0.3 is 0 Å². The number of hydrogen-bond donors (Lipinski definition) is 2. The fraction of sp³-hybridized carbons (Fsp3) is 0.273. The molecule has 0 bridgehead atoms. The highest BCUT2D eigenvalue weighted by atomic mass is 28.3. The van der Waals surface area contributed by atoms with E-state index in [1.807, 2.05) is 55.5 Å². The third-order valence-electron chi connectivity index (χ3n) is 7.54. The molecule has 0 unspecified atom stereocenters. The van der Waals surface area contributed by atoms with Crippen LogP contribution in [-0.2, 0) is 0 Å². The normalized spacial score (nSPS) is 12.2. The summed E-state index contributed by atoms with van der Waals surface area (Å²) in [5, 5.41) is 20.5. The molecule has 0 heterocycles. The molecule has 0 aliphatic heterocycles. The summed E-state index contributed by atoms with van der Waals surface area (Å²) in [6.07, 6.45) is 9.75. The van der Waals surface area contributed by atoms with Crippen molar-refractivity contribution in [3.05, 3.63) is 142 Å². The molecule has 2 atom stereocenters. The molecule has 4 rings (SSSR count). The molecule has 0 amide bonds. The van der Waals surface area contributed by atoms with Crippen molar-refractivity contribution in [3.8, 4) is 47.6 Å². The molecule has 0 radical (unpaired) electrons. The predicted molar refractivity (Wildman–Crippen MR) is 209 cm³/mol. The minimum Gasteiger partial charge on any atom is -0.392 e. The van der Waals surface area contributed by atoms with Crippen molar-refractivity contribution in [2.24, 2.45) is 0 Å². The minimum absolute atomic E-state index is 0.0574. The zero-order chi connectivity index (χ0) is 35.5. The number of hydrogen-bond acceptors (Lipinski definition) is 2. The molecule has 2 nitrogen and oxygen atoms in total. The Labute approximate surface area is 291 Å². The summed E-state index contributed by atoms with van der Waals surface area (Å²) in [7, 11) is -2.76. The van der Waals surface area contributed by atoms with E-state index in [1.165, 1.54) is 0 Å². The lowest BCUT2D eigenvalue weighted by Crippen LogP contribution is -2.17. The van der Waals surface area contributed by atoms with Crippen LogP contribution in [0.4, 0.5) is 0 Å². The van der Waals surface area contributed by atoms with Gasteiger partial charge in [0.1, 0.15) is 16.1 Å². The zero-order valence-electron chi connectivity index (χ0n) is 29.6. The van der Waals surface area contributed by atoms with Gasteiger partial charge in [-0.05, 0) is 84.6 Å². The second-order valence-corrected chi connectivity index (χ2v) is 23.7. The van der Waals surface area contributed by atoms with Gasteiger partial charge < -0.3 is 10.2 Å². The van der Waals surface area contributed by atoms with Crippen molar-refractivity contribution in [1.29, 1.82) is 0 Å². The van der Waals surface area contributed by atoms with E-state index in [0.29, 0.717) is 0 Å². The van der Waals surface area contributed by atoms with Crippen LogP contribution in [-0.4, -0.2) is 38.6 Å². The van der Waals surface area contributed by atoms with Gasteiger partial charge in [0, 0.05) is 34.1 Å².